The first-order valence-corrected chi connectivity index (χ1v) is 9.94. The van der Waals surface area contributed by atoms with Crippen molar-refractivity contribution in [3.8, 4) is 0 Å². The molecule has 0 aliphatic heterocycles. The second-order valence-corrected chi connectivity index (χ2v) is 8.69. The maximum absolute atomic E-state index is 14.5. The molecule has 0 unspecified atom stereocenters. The summed E-state index contributed by atoms with van der Waals surface area (Å²) in [5.74, 6) is -0.552. The van der Waals surface area contributed by atoms with Crippen LogP contribution in [-0.4, -0.2) is 31.9 Å². The van der Waals surface area contributed by atoms with Crippen LogP contribution >= 0.6 is 0 Å². The average Bonchev–Trinajstić information content (AvgIpc) is 2.71. The number of esters is 1. The molecule has 24 heavy (non-hydrogen) atoms. The molecule has 0 radical (unpaired) electrons. The number of alkyl halides is 1. The lowest BCUT2D eigenvalue weighted by Gasteiger charge is -2.31. The molecule has 2 aliphatic carbocycles. The van der Waals surface area contributed by atoms with Gasteiger partial charge in [-0.3, -0.25) is 4.79 Å². The standard InChI is InChI=1S/C17H21FO5S/c1-9(19)23-17-13(18)8-12-11(16(20)10-4-3-5-10)6-7-14(15(12)17)24(2,21)22/h6-7,10,13,16-17,20H,3-5,8H2,1-2H3/t13-,16-,17-/m1/s1. The third-order valence-electron chi connectivity index (χ3n) is 4.97. The number of benzene rings is 1. The minimum Gasteiger partial charge on any atom is -0.454 e. The van der Waals surface area contributed by atoms with Crippen molar-refractivity contribution in [3.63, 3.8) is 0 Å². The minimum atomic E-state index is -3.61. The van der Waals surface area contributed by atoms with Crippen molar-refractivity contribution in [2.45, 2.75) is 55.9 Å². The van der Waals surface area contributed by atoms with E-state index < -0.39 is 34.2 Å². The normalized spacial score (nSPS) is 25.0. The van der Waals surface area contributed by atoms with Gasteiger partial charge in [-0.1, -0.05) is 12.5 Å². The Bertz CT molecular complexity index is 769. The van der Waals surface area contributed by atoms with Gasteiger partial charge in [-0.15, -0.1) is 0 Å². The van der Waals surface area contributed by atoms with Gasteiger partial charge in [-0.05, 0) is 36.0 Å². The summed E-state index contributed by atoms with van der Waals surface area (Å²) in [5.41, 5.74) is 1.21. The van der Waals surface area contributed by atoms with Crippen molar-refractivity contribution in [2.24, 2.45) is 5.92 Å². The summed E-state index contributed by atoms with van der Waals surface area (Å²) in [5, 5.41) is 10.6. The molecule has 1 aromatic rings. The van der Waals surface area contributed by atoms with Gasteiger partial charge >= 0.3 is 5.97 Å². The first-order valence-electron chi connectivity index (χ1n) is 8.05. The van der Waals surface area contributed by atoms with Crippen LogP contribution in [0.5, 0.6) is 0 Å². The van der Waals surface area contributed by atoms with Crippen LogP contribution in [0.4, 0.5) is 4.39 Å². The van der Waals surface area contributed by atoms with Crippen LogP contribution in [-0.2, 0) is 25.8 Å². The Balaban J connectivity index is 2.14. The molecule has 2 aliphatic rings. The zero-order chi connectivity index (χ0) is 17.6. The number of fused-ring (bicyclic) bond motifs is 1. The van der Waals surface area contributed by atoms with E-state index in [9.17, 15) is 22.7 Å². The molecule has 0 saturated heterocycles. The molecule has 1 N–H and O–H groups in total. The maximum atomic E-state index is 14.5. The summed E-state index contributed by atoms with van der Waals surface area (Å²) in [7, 11) is -3.61. The monoisotopic (exact) mass is 356 g/mol. The zero-order valence-corrected chi connectivity index (χ0v) is 14.5. The fourth-order valence-electron chi connectivity index (χ4n) is 3.60. The number of aliphatic hydroxyl groups excluding tert-OH is 1. The van der Waals surface area contributed by atoms with Gasteiger partial charge in [-0.25, -0.2) is 12.8 Å². The van der Waals surface area contributed by atoms with Crippen LogP contribution < -0.4 is 0 Å². The lowest BCUT2D eigenvalue weighted by Crippen LogP contribution is -2.21. The number of aliphatic hydroxyl groups is 1. The van der Waals surface area contributed by atoms with Crippen molar-refractivity contribution in [1.29, 1.82) is 0 Å². The predicted molar refractivity (Wildman–Crippen MR) is 85.0 cm³/mol. The number of sulfone groups is 1. The molecule has 5 nitrogen and oxygen atoms in total. The third-order valence-corrected chi connectivity index (χ3v) is 6.13. The Labute approximate surface area is 140 Å². The predicted octanol–water partition coefficient (Wildman–Crippen LogP) is 2.42. The van der Waals surface area contributed by atoms with Crippen molar-refractivity contribution in [3.05, 3.63) is 28.8 Å². The molecular formula is C17H21FO5S. The molecule has 3 rings (SSSR count). The van der Waals surface area contributed by atoms with Crippen molar-refractivity contribution in [1.82, 2.24) is 0 Å². The van der Waals surface area contributed by atoms with E-state index in [1.807, 2.05) is 0 Å². The summed E-state index contributed by atoms with van der Waals surface area (Å²) >= 11 is 0. The second-order valence-electron chi connectivity index (χ2n) is 6.70. The molecule has 1 fully saturated rings. The van der Waals surface area contributed by atoms with Crippen LogP contribution in [0.3, 0.4) is 0 Å². The largest absolute Gasteiger partial charge is 0.454 e. The number of hydrogen-bond acceptors (Lipinski definition) is 5. The quantitative estimate of drug-likeness (QED) is 0.838. The maximum Gasteiger partial charge on any atom is 0.303 e. The SMILES string of the molecule is CC(=O)O[C@H]1c2c(S(C)(=O)=O)ccc([C@H](O)C3CCC3)c2C[C@H]1F. The highest BCUT2D eigenvalue weighted by molar-refractivity contribution is 7.90. The van der Waals surface area contributed by atoms with Crippen molar-refractivity contribution in [2.75, 3.05) is 6.26 Å². The Morgan fingerprint density at radius 1 is 1.38 bits per heavy atom. The molecule has 0 heterocycles. The van der Waals surface area contributed by atoms with Crippen LogP contribution in [0.25, 0.3) is 0 Å². The molecule has 3 atom stereocenters. The van der Waals surface area contributed by atoms with Gasteiger partial charge in [0.2, 0.25) is 0 Å². The van der Waals surface area contributed by atoms with Crippen LogP contribution in [0.2, 0.25) is 0 Å². The summed E-state index contributed by atoms with van der Waals surface area (Å²) in [6.07, 6.45) is 0.329. The van der Waals surface area contributed by atoms with Crippen molar-refractivity contribution < 1.29 is 27.4 Å². The third kappa shape index (κ3) is 2.95. The molecule has 0 spiro atoms. The number of rotatable bonds is 4. The van der Waals surface area contributed by atoms with Gasteiger partial charge < -0.3 is 9.84 Å². The molecule has 1 aromatic carbocycles. The van der Waals surface area contributed by atoms with Gasteiger partial charge in [0, 0.05) is 25.2 Å². The van der Waals surface area contributed by atoms with Crippen LogP contribution in [0, 0.1) is 5.92 Å². The number of carbonyl (C=O) groups is 1. The van der Waals surface area contributed by atoms with E-state index in [1.165, 1.54) is 6.07 Å². The molecule has 0 amide bonds. The number of carbonyl (C=O) groups excluding carboxylic acids is 1. The van der Waals surface area contributed by atoms with E-state index in [2.05, 4.69) is 0 Å². The Hall–Kier alpha value is -1.47. The highest BCUT2D eigenvalue weighted by atomic mass is 32.2. The van der Waals surface area contributed by atoms with E-state index in [4.69, 9.17) is 4.74 Å². The fourth-order valence-corrected chi connectivity index (χ4v) is 4.56. The smallest absolute Gasteiger partial charge is 0.303 e. The minimum absolute atomic E-state index is 0.0338. The van der Waals surface area contributed by atoms with Crippen LogP contribution in [0.1, 0.15) is 55.1 Å². The molecule has 7 heteroatoms. The highest BCUT2D eigenvalue weighted by Crippen LogP contribution is 2.46. The van der Waals surface area contributed by atoms with Crippen molar-refractivity contribution >= 4 is 15.8 Å². The number of halogens is 1. The van der Waals surface area contributed by atoms with Gasteiger partial charge in [-0.2, -0.15) is 0 Å². The summed E-state index contributed by atoms with van der Waals surface area (Å²) in [6, 6.07) is 2.96. The van der Waals surface area contributed by atoms with Gasteiger partial charge in [0.1, 0.15) is 6.17 Å². The molecular weight excluding hydrogens is 335 g/mol. The summed E-state index contributed by atoms with van der Waals surface area (Å²) in [6.45, 7) is 1.16. The molecule has 0 bridgehead atoms. The van der Waals surface area contributed by atoms with E-state index in [0.29, 0.717) is 11.1 Å². The lowest BCUT2D eigenvalue weighted by molar-refractivity contribution is -0.149. The van der Waals surface area contributed by atoms with E-state index in [0.717, 1.165) is 32.4 Å². The first-order chi connectivity index (χ1) is 11.2. The second kappa shape index (κ2) is 6.11. The first kappa shape index (κ1) is 17.4. The Kier molecular flexibility index (Phi) is 4.42. The molecule has 1 saturated carbocycles. The van der Waals surface area contributed by atoms with Gasteiger partial charge in [0.25, 0.3) is 0 Å². The van der Waals surface area contributed by atoms with E-state index in [1.54, 1.807) is 6.07 Å². The molecule has 0 aromatic heterocycles. The summed E-state index contributed by atoms with van der Waals surface area (Å²) in [4.78, 5) is 11.3. The van der Waals surface area contributed by atoms with E-state index >= 15 is 0 Å². The van der Waals surface area contributed by atoms with Gasteiger partial charge in [0.15, 0.2) is 15.9 Å². The number of hydrogen-bond donors (Lipinski definition) is 1. The topological polar surface area (TPSA) is 80.7 Å². The lowest BCUT2D eigenvalue weighted by atomic mass is 9.77. The van der Waals surface area contributed by atoms with E-state index in [-0.39, 0.29) is 22.8 Å². The average molecular weight is 356 g/mol. The Morgan fingerprint density at radius 3 is 2.54 bits per heavy atom. The number of ether oxygens (including phenoxy) is 1. The highest BCUT2D eigenvalue weighted by Gasteiger charge is 2.42. The fraction of sp³-hybridized carbons (Fsp3) is 0.588. The summed E-state index contributed by atoms with van der Waals surface area (Å²) < 4.78 is 43.7. The Morgan fingerprint density at radius 2 is 2.04 bits per heavy atom. The van der Waals surface area contributed by atoms with Crippen LogP contribution in [0.15, 0.2) is 17.0 Å². The molecule has 132 valence electrons. The zero-order valence-electron chi connectivity index (χ0n) is 13.7. The van der Waals surface area contributed by atoms with Gasteiger partial charge in [0.05, 0.1) is 11.0 Å².